The zero-order valence-electron chi connectivity index (χ0n) is 14.1. The molecule has 3 heterocycles. The van der Waals surface area contributed by atoms with E-state index in [1.807, 2.05) is 12.1 Å². The Kier molecular flexibility index (Phi) is 4.80. The topological polar surface area (TPSA) is 105 Å². The summed E-state index contributed by atoms with van der Waals surface area (Å²) >= 11 is 0. The van der Waals surface area contributed by atoms with Crippen molar-refractivity contribution in [3.63, 3.8) is 0 Å². The molecule has 1 atom stereocenters. The van der Waals surface area contributed by atoms with Crippen LogP contribution in [0.2, 0.25) is 0 Å². The molecule has 2 fully saturated rings. The predicted octanol–water partition coefficient (Wildman–Crippen LogP) is 1.86. The van der Waals surface area contributed by atoms with E-state index in [1.165, 1.54) is 12.8 Å². The SMILES string of the molecule is OCCNc1nc(NCc2cc(C3CC3)on2)cc([C@H]2CCOC2)n1. The lowest BCUT2D eigenvalue weighted by molar-refractivity contribution is 0.193. The summed E-state index contributed by atoms with van der Waals surface area (Å²) in [4.78, 5) is 9.02. The van der Waals surface area contributed by atoms with E-state index in [9.17, 15) is 0 Å². The van der Waals surface area contributed by atoms with Gasteiger partial charge in [-0.3, -0.25) is 0 Å². The molecule has 25 heavy (non-hydrogen) atoms. The smallest absolute Gasteiger partial charge is 0.224 e. The molecule has 0 radical (unpaired) electrons. The largest absolute Gasteiger partial charge is 0.395 e. The van der Waals surface area contributed by atoms with Crippen molar-refractivity contribution in [3.05, 3.63) is 29.3 Å². The number of aliphatic hydroxyl groups is 1. The summed E-state index contributed by atoms with van der Waals surface area (Å²) in [5, 5.41) is 19.5. The Balaban J connectivity index is 1.46. The second-order valence-electron chi connectivity index (χ2n) is 6.56. The van der Waals surface area contributed by atoms with Crippen LogP contribution >= 0.6 is 0 Å². The molecule has 2 aliphatic rings. The van der Waals surface area contributed by atoms with Crippen molar-refractivity contribution in [3.8, 4) is 0 Å². The molecule has 3 N–H and O–H groups in total. The number of nitrogens with one attached hydrogen (secondary N) is 2. The molecule has 0 spiro atoms. The third-order valence-electron chi connectivity index (χ3n) is 4.50. The van der Waals surface area contributed by atoms with Crippen molar-refractivity contribution in [2.24, 2.45) is 0 Å². The first kappa shape index (κ1) is 16.3. The fourth-order valence-corrected chi connectivity index (χ4v) is 2.93. The van der Waals surface area contributed by atoms with Crippen LogP contribution in [0.1, 0.15) is 48.2 Å². The Bertz CT molecular complexity index is 710. The molecule has 8 nitrogen and oxygen atoms in total. The van der Waals surface area contributed by atoms with Crippen LogP contribution in [0.25, 0.3) is 0 Å². The van der Waals surface area contributed by atoms with Gasteiger partial charge in [0, 0.05) is 37.1 Å². The maximum atomic E-state index is 9.01. The van der Waals surface area contributed by atoms with Crippen LogP contribution in [0.5, 0.6) is 0 Å². The van der Waals surface area contributed by atoms with Gasteiger partial charge in [-0.2, -0.15) is 4.98 Å². The van der Waals surface area contributed by atoms with E-state index in [0.717, 1.165) is 36.0 Å². The van der Waals surface area contributed by atoms with Gasteiger partial charge in [-0.25, -0.2) is 4.98 Å². The summed E-state index contributed by atoms with van der Waals surface area (Å²) in [5.74, 6) is 3.07. The van der Waals surface area contributed by atoms with Crippen LogP contribution < -0.4 is 10.6 Å². The lowest BCUT2D eigenvalue weighted by Gasteiger charge is -2.13. The maximum Gasteiger partial charge on any atom is 0.224 e. The number of hydrogen-bond donors (Lipinski definition) is 3. The Labute approximate surface area is 146 Å². The second-order valence-corrected chi connectivity index (χ2v) is 6.56. The number of rotatable bonds is 8. The summed E-state index contributed by atoms with van der Waals surface area (Å²) in [6, 6.07) is 3.98. The highest BCUT2D eigenvalue weighted by atomic mass is 16.5. The number of ether oxygens (including phenoxy) is 1. The molecule has 1 aliphatic heterocycles. The monoisotopic (exact) mass is 345 g/mol. The van der Waals surface area contributed by atoms with Gasteiger partial charge < -0.3 is 25.0 Å². The molecule has 134 valence electrons. The van der Waals surface area contributed by atoms with Gasteiger partial charge in [0.15, 0.2) is 0 Å². The maximum absolute atomic E-state index is 9.01. The molecule has 8 heteroatoms. The van der Waals surface area contributed by atoms with Crippen molar-refractivity contribution < 1.29 is 14.4 Å². The molecular formula is C17H23N5O3. The Morgan fingerprint density at radius 3 is 2.80 bits per heavy atom. The molecule has 1 aliphatic carbocycles. The van der Waals surface area contributed by atoms with E-state index in [2.05, 4.69) is 25.8 Å². The third kappa shape index (κ3) is 4.08. The fraction of sp³-hybridized carbons (Fsp3) is 0.588. The highest BCUT2D eigenvalue weighted by Crippen LogP contribution is 2.40. The normalized spacial score (nSPS) is 20.0. The molecule has 4 rings (SSSR count). The zero-order valence-corrected chi connectivity index (χ0v) is 14.1. The summed E-state index contributed by atoms with van der Waals surface area (Å²) < 4.78 is 10.8. The van der Waals surface area contributed by atoms with Gasteiger partial charge in [0.2, 0.25) is 5.95 Å². The van der Waals surface area contributed by atoms with Gasteiger partial charge in [-0.05, 0) is 19.3 Å². The number of anilines is 2. The first-order valence-electron chi connectivity index (χ1n) is 8.82. The number of nitrogens with zero attached hydrogens (tertiary/aromatic N) is 3. The Hall–Kier alpha value is -2.19. The highest BCUT2D eigenvalue weighted by molar-refractivity contribution is 5.43. The summed E-state index contributed by atoms with van der Waals surface area (Å²) in [5.41, 5.74) is 1.82. The van der Waals surface area contributed by atoms with Crippen LogP contribution in [0.4, 0.5) is 11.8 Å². The minimum Gasteiger partial charge on any atom is -0.395 e. The van der Waals surface area contributed by atoms with E-state index in [1.54, 1.807) is 0 Å². The van der Waals surface area contributed by atoms with E-state index in [-0.39, 0.29) is 12.5 Å². The van der Waals surface area contributed by atoms with Crippen molar-refractivity contribution in [2.75, 3.05) is 37.0 Å². The molecule has 0 bridgehead atoms. The first-order chi connectivity index (χ1) is 12.3. The lowest BCUT2D eigenvalue weighted by Crippen LogP contribution is -2.13. The van der Waals surface area contributed by atoms with Gasteiger partial charge >= 0.3 is 0 Å². The fourth-order valence-electron chi connectivity index (χ4n) is 2.93. The van der Waals surface area contributed by atoms with E-state index < -0.39 is 0 Å². The molecule has 1 saturated heterocycles. The van der Waals surface area contributed by atoms with Crippen LogP contribution in [0.3, 0.4) is 0 Å². The summed E-state index contributed by atoms with van der Waals surface area (Å²) in [6.07, 6.45) is 3.35. The van der Waals surface area contributed by atoms with Crippen LogP contribution in [-0.2, 0) is 11.3 Å². The summed E-state index contributed by atoms with van der Waals surface area (Å²) in [7, 11) is 0. The minimum absolute atomic E-state index is 0.0335. The second kappa shape index (κ2) is 7.37. The van der Waals surface area contributed by atoms with E-state index >= 15 is 0 Å². The molecular weight excluding hydrogens is 322 g/mol. The molecule has 2 aromatic heterocycles. The average Bonchev–Trinajstić information content (AvgIpc) is 3.14. The van der Waals surface area contributed by atoms with Crippen molar-refractivity contribution in [2.45, 2.75) is 37.6 Å². The lowest BCUT2D eigenvalue weighted by atomic mass is 10.0. The predicted molar refractivity (Wildman–Crippen MR) is 91.6 cm³/mol. The van der Waals surface area contributed by atoms with Gasteiger partial charge in [0.05, 0.1) is 25.5 Å². The van der Waals surface area contributed by atoms with Gasteiger partial charge in [0.25, 0.3) is 0 Å². The average molecular weight is 345 g/mol. The first-order valence-corrected chi connectivity index (χ1v) is 8.82. The molecule has 2 aromatic rings. The van der Waals surface area contributed by atoms with E-state index in [0.29, 0.717) is 31.6 Å². The summed E-state index contributed by atoms with van der Waals surface area (Å²) in [6.45, 7) is 2.45. The number of aliphatic hydroxyl groups excluding tert-OH is 1. The molecule has 1 saturated carbocycles. The van der Waals surface area contributed by atoms with Gasteiger partial charge in [-0.1, -0.05) is 5.16 Å². The zero-order chi connectivity index (χ0) is 17.1. The van der Waals surface area contributed by atoms with Gasteiger partial charge in [-0.15, -0.1) is 0 Å². The van der Waals surface area contributed by atoms with Crippen molar-refractivity contribution in [1.29, 1.82) is 0 Å². The van der Waals surface area contributed by atoms with Gasteiger partial charge in [0.1, 0.15) is 17.3 Å². The quantitative estimate of drug-likeness (QED) is 0.666. The van der Waals surface area contributed by atoms with E-state index in [4.69, 9.17) is 14.4 Å². The minimum atomic E-state index is 0.0335. The highest BCUT2D eigenvalue weighted by Gasteiger charge is 2.27. The Morgan fingerprint density at radius 2 is 2.04 bits per heavy atom. The third-order valence-corrected chi connectivity index (χ3v) is 4.50. The van der Waals surface area contributed by atoms with Crippen molar-refractivity contribution >= 4 is 11.8 Å². The van der Waals surface area contributed by atoms with Crippen molar-refractivity contribution in [1.82, 2.24) is 15.1 Å². The molecule has 0 amide bonds. The van der Waals surface area contributed by atoms with Crippen LogP contribution in [0, 0.1) is 0 Å². The molecule has 0 unspecified atom stereocenters. The number of hydrogen-bond acceptors (Lipinski definition) is 8. The molecule has 0 aromatic carbocycles. The number of aromatic nitrogens is 3. The standard InChI is InChI=1S/C17H23N5O3/c23-5-4-18-17-20-14(12-3-6-24-10-12)8-16(21-17)19-9-13-7-15(25-22-13)11-1-2-11/h7-8,11-12,23H,1-6,9-10H2,(H2,18,19,20,21)/t12-/m0/s1. The van der Waals surface area contributed by atoms with Crippen LogP contribution in [-0.4, -0.2) is 46.6 Å². The Morgan fingerprint density at radius 1 is 1.12 bits per heavy atom. The van der Waals surface area contributed by atoms with Crippen LogP contribution in [0.15, 0.2) is 16.7 Å².